The quantitative estimate of drug-likeness (QED) is 0.396. The van der Waals surface area contributed by atoms with Crippen LogP contribution in [-0.2, 0) is 0 Å². The third-order valence-electron chi connectivity index (χ3n) is 5.27. The molecule has 5 rings (SSSR count). The lowest BCUT2D eigenvalue weighted by Crippen LogP contribution is -2.34. The van der Waals surface area contributed by atoms with Crippen molar-refractivity contribution in [1.29, 1.82) is 0 Å². The average Bonchev–Trinajstić information content (AvgIpc) is 3.20. The molecule has 0 bridgehead atoms. The zero-order chi connectivity index (χ0) is 21.8. The van der Waals surface area contributed by atoms with Gasteiger partial charge < -0.3 is 21.1 Å². The van der Waals surface area contributed by atoms with Crippen molar-refractivity contribution in [2.24, 2.45) is 0 Å². The lowest BCUT2D eigenvalue weighted by atomic mass is 10.1. The molecule has 2 aromatic carbocycles. The first-order chi connectivity index (χ1) is 15.7. The van der Waals surface area contributed by atoms with Crippen LogP contribution in [0, 0.1) is 0 Å². The van der Waals surface area contributed by atoms with E-state index >= 15 is 0 Å². The Hall–Kier alpha value is -3.49. The van der Waals surface area contributed by atoms with Crippen molar-refractivity contribution < 1.29 is 4.74 Å². The summed E-state index contributed by atoms with van der Waals surface area (Å²) < 4.78 is 7.13. The number of nitrogen functional groups attached to an aromatic ring is 1. The molecule has 8 heteroatoms. The van der Waals surface area contributed by atoms with Crippen LogP contribution in [0.5, 0.6) is 5.75 Å². The van der Waals surface area contributed by atoms with Crippen molar-refractivity contribution in [1.82, 2.24) is 20.3 Å². The van der Waals surface area contributed by atoms with Gasteiger partial charge in [-0.1, -0.05) is 29.6 Å². The van der Waals surface area contributed by atoms with Gasteiger partial charge in [-0.3, -0.25) is 0 Å². The number of benzene rings is 2. The number of hydrogen-bond donors (Lipinski definition) is 3. The lowest BCUT2D eigenvalue weighted by molar-refractivity contribution is 0.162. The lowest BCUT2D eigenvalue weighted by Gasteiger charge is -2.23. The van der Waals surface area contributed by atoms with Crippen LogP contribution in [0.2, 0.25) is 0 Å². The molecule has 1 aliphatic rings. The topological polar surface area (TPSA) is 98.0 Å². The Kier molecular flexibility index (Phi) is 5.96. The summed E-state index contributed by atoms with van der Waals surface area (Å²) >= 11 is 1.49. The number of nitrogens with two attached hydrogens (primary N) is 1. The SMILES string of the molecule is Nc1nc2ccc(/C=C/c3cnc(Nc4ccc(OC5CCNCC5)cc4)nc3)cc2s1. The Morgan fingerprint density at radius 3 is 2.53 bits per heavy atom. The Morgan fingerprint density at radius 2 is 1.75 bits per heavy atom. The minimum absolute atomic E-state index is 0.293. The number of hydrogen-bond acceptors (Lipinski definition) is 8. The van der Waals surface area contributed by atoms with E-state index < -0.39 is 0 Å². The summed E-state index contributed by atoms with van der Waals surface area (Å²) in [5.74, 6) is 1.44. The molecule has 0 spiro atoms. The highest BCUT2D eigenvalue weighted by Crippen LogP contribution is 2.25. The van der Waals surface area contributed by atoms with Crippen LogP contribution in [0.4, 0.5) is 16.8 Å². The molecule has 0 atom stereocenters. The van der Waals surface area contributed by atoms with Crippen molar-refractivity contribution in [3.63, 3.8) is 0 Å². The van der Waals surface area contributed by atoms with Gasteiger partial charge in [0.1, 0.15) is 11.9 Å². The summed E-state index contributed by atoms with van der Waals surface area (Å²) in [5.41, 5.74) is 9.62. The van der Waals surface area contributed by atoms with Gasteiger partial charge in [0, 0.05) is 23.6 Å². The molecular weight excluding hydrogens is 420 g/mol. The summed E-state index contributed by atoms with van der Waals surface area (Å²) in [6.07, 6.45) is 9.99. The normalized spacial score (nSPS) is 14.8. The zero-order valence-electron chi connectivity index (χ0n) is 17.5. The van der Waals surface area contributed by atoms with Crippen molar-refractivity contribution in [3.8, 4) is 5.75 Å². The van der Waals surface area contributed by atoms with E-state index in [0.717, 1.165) is 58.7 Å². The van der Waals surface area contributed by atoms with E-state index in [4.69, 9.17) is 10.5 Å². The second-order valence-electron chi connectivity index (χ2n) is 7.67. The highest BCUT2D eigenvalue weighted by molar-refractivity contribution is 7.22. The van der Waals surface area contributed by atoms with E-state index in [9.17, 15) is 0 Å². The molecular formula is C24H24N6OS. The summed E-state index contributed by atoms with van der Waals surface area (Å²) in [4.78, 5) is 13.1. The molecule has 32 heavy (non-hydrogen) atoms. The highest BCUT2D eigenvalue weighted by Gasteiger charge is 2.14. The van der Waals surface area contributed by atoms with E-state index in [1.54, 1.807) is 12.4 Å². The van der Waals surface area contributed by atoms with Gasteiger partial charge in [0.15, 0.2) is 5.13 Å². The fourth-order valence-corrected chi connectivity index (χ4v) is 4.38. The van der Waals surface area contributed by atoms with Crippen LogP contribution in [0.1, 0.15) is 24.0 Å². The van der Waals surface area contributed by atoms with Gasteiger partial charge in [-0.05, 0) is 67.9 Å². The molecule has 162 valence electrons. The van der Waals surface area contributed by atoms with Crippen LogP contribution in [0.15, 0.2) is 54.9 Å². The van der Waals surface area contributed by atoms with Crippen LogP contribution < -0.4 is 21.1 Å². The van der Waals surface area contributed by atoms with Crippen molar-refractivity contribution in [2.75, 3.05) is 24.1 Å². The largest absolute Gasteiger partial charge is 0.490 e. The predicted octanol–water partition coefficient (Wildman–Crippen LogP) is 4.71. The summed E-state index contributed by atoms with van der Waals surface area (Å²) in [6, 6.07) is 14.0. The first kappa shape index (κ1) is 20.4. The minimum Gasteiger partial charge on any atom is -0.490 e. The third kappa shape index (κ3) is 5.04. The molecule has 0 unspecified atom stereocenters. The van der Waals surface area contributed by atoms with Crippen molar-refractivity contribution in [3.05, 3.63) is 66.0 Å². The fourth-order valence-electron chi connectivity index (χ4n) is 3.60. The highest BCUT2D eigenvalue weighted by atomic mass is 32.1. The van der Waals surface area contributed by atoms with Crippen LogP contribution in [-0.4, -0.2) is 34.1 Å². The average molecular weight is 445 g/mol. The minimum atomic E-state index is 0.293. The number of thiazole rings is 1. The smallest absolute Gasteiger partial charge is 0.227 e. The third-order valence-corrected chi connectivity index (χ3v) is 6.12. The molecule has 2 aromatic heterocycles. The standard InChI is InChI=1S/C24H24N6OS/c25-23-30-21-8-3-16(13-22(21)32-23)1-2-17-14-27-24(28-15-17)29-18-4-6-19(7-5-18)31-20-9-11-26-12-10-20/h1-8,13-15,20,26H,9-12H2,(H2,25,30)(H,27,28,29)/b2-1+. The van der Waals surface area contributed by atoms with Crippen LogP contribution in [0.25, 0.3) is 22.4 Å². The van der Waals surface area contributed by atoms with E-state index in [1.165, 1.54) is 11.3 Å². The van der Waals surface area contributed by atoms with Gasteiger partial charge in [0.05, 0.1) is 10.2 Å². The summed E-state index contributed by atoms with van der Waals surface area (Å²) in [7, 11) is 0. The van der Waals surface area contributed by atoms with E-state index in [2.05, 4.69) is 31.7 Å². The summed E-state index contributed by atoms with van der Waals surface area (Å²) in [5, 5.41) is 7.16. The number of nitrogens with zero attached hydrogens (tertiary/aromatic N) is 3. The van der Waals surface area contributed by atoms with Crippen molar-refractivity contribution in [2.45, 2.75) is 18.9 Å². The number of rotatable bonds is 6. The molecule has 1 fully saturated rings. The number of anilines is 3. The maximum absolute atomic E-state index is 6.05. The molecule has 3 heterocycles. The second-order valence-corrected chi connectivity index (χ2v) is 8.73. The maximum atomic E-state index is 6.05. The molecule has 4 N–H and O–H groups in total. The Morgan fingerprint density at radius 1 is 1.00 bits per heavy atom. The van der Waals surface area contributed by atoms with E-state index in [0.29, 0.717) is 17.2 Å². The van der Waals surface area contributed by atoms with E-state index in [1.807, 2.05) is 48.6 Å². The van der Waals surface area contributed by atoms with Gasteiger partial charge in [-0.15, -0.1) is 0 Å². The number of ether oxygens (including phenoxy) is 1. The number of aromatic nitrogens is 3. The Bertz CT molecular complexity index is 1210. The van der Waals surface area contributed by atoms with Gasteiger partial charge in [-0.25, -0.2) is 15.0 Å². The molecule has 1 aliphatic heterocycles. The first-order valence-electron chi connectivity index (χ1n) is 10.6. The number of fused-ring (bicyclic) bond motifs is 1. The Balaban J connectivity index is 1.19. The van der Waals surface area contributed by atoms with Gasteiger partial charge in [-0.2, -0.15) is 0 Å². The molecule has 1 saturated heterocycles. The van der Waals surface area contributed by atoms with Gasteiger partial charge in [0.25, 0.3) is 0 Å². The molecule has 7 nitrogen and oxygen atoms in total. The van der Waals surface area contributed by atoms with E-state index in [-0.39, 0.29) is 0 Å². The molecule has 0 saturated carbocycles. The predicted molar refractivity (Wildman–Crippen MR) is 131 cm³/mol. The Labute approximate surface area is 190 Å². The van der Waals surface area contributed by atoms with Crippen LogP contribution in [0.3, 0.4) is 0 Å². The van der Waals surface area contributed by atoms with Gasteiger partial charge in [0.2, 0.25) is 5.95 Å². The summed E-state index contributed by atoms with van der Waals surface area (Å²) in [6.45, 7) is 2.03. The molecule has 0 aliphatic carbocycles. The van der Waals surface area contributed by atoms with Crippen molar-refractivity contribution >= 4 is 50.5 Å². The second kappa shape index (κ2) is 9.33. The number of piperidine rings is 1. The van der Waals surface area contributed by atoms with Gasteiger partial charge >= 0.3 is 0 Å². The molecule has 0 amide bonds. The maximum Gasteiger partial charge on any atom is 0.227 e. The molecule has 4 aromatic rings. The molecule has 0 radical (unpaired) electrons. The monoisotopic (exact) mass is 444 g/mol. The first-order valence-corrected chi connectivity index (χ1v) is 11.4. The number of nitrogens with one attached hydrogen (secondary N) is 2. The fraction of sp³-hybridized carbons (Fsp3) is 0.208. The van der Waals surface area contributed by atoms with Crippen LogP contribution >= 0.6 is 11.3 Å². The zero-order valence-corrected chi connectivity index (χ0v) is 18.3.